The first kappa shape index (κ1) is 13.2. The summed E-state index contributed by atoms with van der Waals surface area (Å²) in [5.74, 6) is 4.17. The molecule has 0 aliphatic heterocycles. The molecule has 0 spiro atoms. The Bertz CT molecular complexity index is 416. The number of ether oxygens (including phenoxy) is 1. The van der Waals surface area contributed by atoms with E-state index in [1.54, 1.807) is 31.2 Å². The van der Waals surface area contributed by atoms with E-state index in [4.69, 9.17) is 0 Å². The predicted molar refractivity (Wildman–Crippen MR) is 62.0 cm³/mol. The molecule has 17 heavy (non-hydrogen) atoms. The summed E-state index contributed by atoms with van der Waals surface area (Å²) in [6.07, 6.45) is -3.08. The Morgan fingerprint density at radius 3 is 2.59 bits per heavy atom. The number of hydrogen-bond donors (Lipinski definition) is 2. The fourth-order valence-corrected chi connectivity index (χ4v) is 1.11. The van der Waals surface area contributed by atoms with Crippen LogP contribution in [-0.4, -0.2) is 35.0 Å². The summed E-state index contributed by atoms with van der Waals surface area (Å²) in [5, 5.41) is 18.8. The largest absolute Gasteiger partial charge is 0.464 e. The third-order valence-electron chi connectivity index (χ3n) is 1.97. The van der Waals surface area contributed by atoms with E-state index >= 15 is 0 Å². The molecule has 0 saturated heterocycles. The van der Waals surface area contributed by atoms with Gasteiger partial charge in [0.05, 0.1) is 6.61 Å². The molecular weight excluding hydrogens is 220 g/mol. The Morgan fingerprint density at radius 1 is 1.35 bits per heavy atom. The van der Waals surface area contributed by atoms with Gasteiger partial charge in [-0.05, 0) is 19.1 Å². The van der Waals surface area contributed by atoms with Gasteiger partial charge in [-0.1, -0.05) is 30.0 Å². The van der Waals surface area contributed by atoms with Crippen LogP contribution >= 0.6 is 0 Å². The van der Waals surface area contributed by atoms with Crippen LogP contribution in [0.15, 0.2) is 30.3 Å². The molecule has 2 N–H and O–H groups in total. The lowest BCUT2D eigenvalue weighted by atomic mass is 10.2. The Balaban J connectivity index is 2.63. The summed E-state index contributed by atoms with van der Waals surface area (Å²) in [4.78, 5) is 11.1. The van der Waals surface area contributed by atoms with Crippen molar-refractivity contribution in [2.24, 2.45) is 0 Å². The Hall–Kier alpha value is -1.83. The van der Waals surface area contributed by atoms with Crippen LogP contribution in [0.3, 0.4) is 0 Å². The molecule has 0 heterocycles. The van der Waals surface area contributed by atoms with E-state index < -0.39 is 18.2 Å². The average Bonchev–Trinajstić information content (AvgIpc) is 2.36. The highest BCUT2D eigenvalue weighted by molar-refractivity contribution is 5.75. The Labute approximate surface area is 99.8 Å². The lowest BCUT2D eigenvalue weighted by Crippen LogP contribution is -2.34. The van der Waals surface area contributed by atoms with Gasteiger partial charge in [-0.3, -0.25) is 0 Å². The third-order valence-corrected chi connectivity index (χ3v) is 1.97. The highest BCUT2D eigenvalue weighted by atomic mass is 16.5. The zero-order valence-electron chi connectivity index (χ0n) is 9.46. The van der Waals surface area contributed by atoms with Crippen LogP contribution in [0.1, 0.15) is 12.5 Å². The van der Waals surface area contributed by atoms with Crippen molar-refractivity contribution < 1.29 is 19.7 Å². The van der Waals surface area contributed by atoms with Crippen LogP contribution in [0.25, 0.3) is 0 Å². The minimum absolute atomic E-state index is 0.148. The molecule has 0 bridgehead atoms. The van der Waals surface area contributed by atoms with Crippen LogP contribution in [0.2, 0.25) is 0 Å². The first-order valence-corrected chi connectivity index (χ1v) is 5.24. The second kappa shape index (κ2) is 6.69. The quantitative estimate of drug-likeness (QED) is 0.584. The summed E-state index contributed by atoms with van der Waals surface area (Å²) in [5.41, 5.74) is 0.697. The minimum Gasteiger partial charge on any atom is -0.464 e. The summed E-state index contributed by atoms with van der Waals surface area (Å²) < 4.78 is 4.56. The molecule has 2 atom stereocenters. The van der Waals surface area contributed by atoms with Gasteiger partial charge in [0.15, 0.2) is 12.2 Å². The van der Waals surface area contributed by atoms with Gasteiger partial charge in [-0.2, -0.15) is 0 Å². The van der Waals surface area contributed by atoms with Gasteiger partial charge in [0.1, 0.15) is 0 Å². The number of carbonyl (C=O) groups excluding carboxylic acids is 1. The zero-order chi connectivity index (χ0) is 12.7. The van der Waals surface area contributed by atoms with Crippen LogP contribution in [0.4, 0.5) is 0 Å². The van der Waals surface area contributed by atoms with E-state index in [2.05, 4.69) is 16.6 Å². The molecule has 0 radical (unpaired) electrons. The number of aliphatic hydroxyl groups is 2. The van der Waals surface area contributed by atoms with Gasteiger partial charge >= 0.3 is 5.97 Å². The Kier molecular flexibility index (Phi) is 5.21. The highest BCUT2D eigenvalue weighted by Crippen LogP contribution is 1.98. The number of esters is 1. The minimum atomic E-state index is -1.63. The standard InChI is InChI=1S/C13H14O4/c1-2-17-13(16)12(15)11(14)9-8-10-6-4-3-5-7-10/h3-7,11-12,14-15H,2H2,1H3/t11-,12+/m1/s1. The van der Waals surface area contributed by atoms with Crippen LogP contribution < -0.4 is 0 Å². The summed E-state index contributed by atoms with van der Waals surface area (Å²) in [6, 6.07) is 8.97. The molecule has 1 aromatic carbocycles. The molecule has 1 aromatic rings. The first-order chi connectivity index (χ1) is 8.15. The van der Waals surface area contributed by atoms with Crippen molar-refractivity contribution in [1.82, 2.24) is 0 Å². The van der Waals surface area contributed by atoms with Crippen molar-refractivity contribution in [3.8, 4) is 11.8 Å². The van der Waals surface area contributed by atoms with Gasteiger partial charge in [0.25, 0.3) is 0 Å². The molecule has 0 aliphatic carbocycles. The van der Waals surface area contributed by atoms with Crippen molar-refractivity contribution in [3.05, 3.63) is 35.9 Å². The SMILES string of the molecule is CCOC(=O)[C@@H](O)[C@H](O)C#Cc1ccccc1. The third kappa shape index (κ3) is 4.27. The fourth-order valence-electron chi connectivity index (χ4n) is 1.11. The number of aliphatic hydroxyl groups excluding tert-OH is 2. The van der Waals surface area contributed by atoms with Crippen molar-refractivity contribution >= 4 is 5.97 Å². The lowest BCUT2D eigenvalue weighted by Gasteiger charge is -2.10. The summed E-state index contributed by atoms with van der Waals surface area (Å²) >= 11 is 0. The molecule has 0 amide bonds. The average molecular weight is 234 g/mol. The van der Waals surface area contributed by atoms with E-state index in [0.717, 1.165) is 0 Å². The molecule has 0 aliphatic rings. The van der Waals surface area contributed by atoms with Crippen molar-refractivity contribution in [2.75, 3.05) is 6.61 Å². The maximum absolute atomic E-state index is 11.1. The summed E-state index contributed by atoms with van der Waals surface area (Å²) in [6.45, 7) is 1.77. The molecule has 4 heteroatoms. The molecule has 0 aromatic heterocycles. The predicted octanol–water partition coefficient (Wildman–Crippen LogP) is 0.323. The van der Waals surface area contributed by atoms with Gasteiger partial charge < -0.3 is 14.9 Å². The molecular formula is C13H14O4. The van der Waals surface area contributed by atoms with E-state index in [-0.39, 0.29) is 6.61 Å². The van der Waals surface area contributed by atoms with Crippen molar-refractivity contribution in [2.45, 2.75) is 19.1 Å². The fraction of sp³-hybridized carbons (Fsp3) is 0.308. The van der Waals surface area contributed by atoms with E-state index in [1.807, 2.05) is 6.07 Å². The van der Waals surface area contributed by atoms with Gasteiger partial charge in [-0.25, -0.2) is 4.79 Å². The first-order valence-electron chi connectivity index (χ1n) is 5.24. The van der Waals surface area contributed by atoms with Crippen molar-refractivity contribution in [1.29, 1.82) is 0 Å². The maximum Gasteiger partial charge on any atom is 0.338 e. The summed E-state index contributed by atoms with van der Waals surface area (Å²) in [7, 11) is 0. The molecule has 0 saturated carbocycles. The molecule has 0 unspecified atom stereocenters. The van der Waals surface area contributed by atoms with Crippen LogP contribution in [0, 0.1) is 11.8 Å². The maximum atomic E-state index is 11.1. The molecule has 4 nitrogen and oxygen atoms in total. The Morgan fingerprint density at radius 2 is 2.00 bits per heavy atom. The molecule has 90 valence electrons. The number of carbonyl (C=O) groups is 1. The molecule has 1 rings (SSSR count). The van der Waals surface area contributed by atoms with E-state index in [1.165, 1.54) is 0 Å². The number of benzene rings is 1. The second-order valence-electron chi connectivity index (χ2n) is 3.28. The monoisotopic (exact) mass is 234 g/mol. The topological polar surface area (TPSA) is 66.8 Å². The number of hydrogen-bond acceptors (Lipinski definition) is 4. The van der Waals surface area contributed by atoms with Crippen LogP contribution in [-0.2, 0) is 9.53 Å². The second-order valence-corrected chi connectivity index (χ2v) is 3.28. The van der Waals surface area contributed by atoms with Gasteiger partial charge in [0.2, 0.25) is 0 Å². The lowest BCUT2D eigenvalue weighted by molar-refractivity contribution is -0.157. The van der Waals surface area contributed by atoms with Crippen LogP contribution in [0.5, 0.6) is 0 Å². The normalized spacial score (nSPS) is 13.1. The van der Waals surface area contributed by atoms with E-state index in [9.17, 15) is 15.0 Å². The zero-order valence-corrected chi connectivity index (χ0v) is 9.46. The number of rotatable bonds is 3. The van der Waals surface area contributed by atoms with E-state index in [0.29, 0.717) is 5.56 Å². The van der Waals surface area contributed by atoms with Crippen molar-refractivity contribution in [3.63, 3.8) is 0 Å². The smallest absolute Gasteiger partial charge is 0.338 e. The van der Waals surface area contributed by atoms with Gasteiger partial charge in [-0.15, -0.1) is 0 Å². The highest BCUT2D eigenvalue weighted by Gasteiger charge is 2.23. The van der Waals surface area contributed by atoms with Gasteiger partial charge in [0, 0.05) is 5.56 Å². The molecule has 0 fully saturated rings.